The van der Waals surface area contributed by atoms with Crippen LogP contribution in [0.1, 0.15) is 16.1 Å². The third kappa shape index (κ3) is 2.66. The van der Waals surface area contributed by atoms with Gasteiger partial charge in [-0.2, -0.15) is 0 Å². The third-order valence-electron chi connectivity index (χ3n) is 3.61. The first-order valence-electron chi connectivity index (χ1n) is 6.73. The topological polar surface area (TPSA) is 67.1 Å². The predicted molar refractivity (Wildman–Crippen MR) is 73.1 cm³/mol. The van der Waals surface area contributed by atoms with E-state index in [1.807, 2.05) is 18.3 Å². The Morgan fingerprint density at radius 3 is 2.90 bits per heavy atom. The summed E-state index contributed by atoms with van der Waals surface area (Å²) in [6, 6.07) is 3.87. The smallest absolute Gasteiger partial charge is 0.354 e. The van der Waals surface area contributed by atoms with E-state index in [4.69, 9.17) is 9.84 Å². The van der Waals surface area contributed by atoms with Crippen LogP contribution in [0.5, 0.6) is 0 Å². The van der Waals surface area contributed by atoms with E-state index >= 15 is 0 Å². The summed E-state index contributed by atoms with van der Waals surface area (Å²) >= 11 is 0. The molecule has 0 radical (unpaired) electrons. The lowest BCUT2D eigenvalue weighted by atomic mass is 10.2. The molecule has 1 fully saturated rings. The lowest BCUT2D eigenvalue weighted by Crippen LogP contribution is -2.37. The van der Waals surface area contributed by atoms with Crippen molar-refractivity contribution in [1.82, 2.24) is 14.3 Å². The number of pyridine rings is 1. The highest BCUT2D eigenvalue weighted by atomic mass is 16.5. The van der Waals surface area contributed by atoms with Crippen LogP contribution in [0.15, 0.2) is 24.5 Å². The number of carboxylic acid groups (broad SMARTS) is 1. The van der Waals surface area contributed by atoms with Gasteiger partial charge in [0, 0.05) is 25.8 Å². The van der Waals surface area contributed by atoms with Crippen molar-refractivity contribution >= 4 is 11.6 Å². The number of hydrogen-bond acceptors (Lipinski definition) is 4. The SMILES string of the molecule is O=C(O)c1cnc2ccc(CCN3CCOCC3)cn12. The molecule has 2 aromatic heterocycles. The highest BCUT2D eigenvalue weighted by Crippen LogP contribution is 2.11. The number of carboxylic acids is 1. The van der Waals surface area contributed by atoms with Crippen LogP contribution in [0, 0.1) is 0 Å². The summed E-state index contributed by atoms with van der Waals surface area (Å²) < 4.78 is 6.96. The Bertz CT molecular complexity index is 617. The molecule has 0 spiro atoms. The fourth-order valence-electron chi connectivity index (χ4n) is 2.44. The summed E-state index contributed by atoms with van der Waals surface area (Å²) in [4.78, 5) is 17.6. The maximum atomic E-state index is 11.1. The van der Waals surface area contributed by atoms with Crippen LogP contribution < -0.4 is 0 Å². The van der Waals surface area contributed by atoms with E-state index < -0.39 is 5.97 Å². The van der Waals surface area contributed by atoms with Crippen LogP contribution in [0.25, 0.3) is 5.65 Å². The maximum Gasteiger partial charge on any atom is 0.354 e. The van der Waals surface area contributed by atoms with Crippen LogP contribution in [0.3, 0.4) is 0 Å². The van der Waals surface area contributed by atoms with Gasteiger partial charge in [0.1, 0.15) is 5.65 Å². The van der Waals surface area contributed by atoms with Crippen molar-refractivity contribution in [3.8, 4) is 0 Å². The molecule has 6 heteroatoms. The van der Waals surface area contributed by atoms with E-state index in [0.717, 1.165) is 44.8 Å². The molecule has 6 nitrogen and oxygen atoms in total. The minimum absolute atomic E-state index is 0.202. The van der Waals surface area contributed by atoms with Crippen molar-refractivity contribution in [3.05, 3.63) is 35.8 Å². The zero-order valence-electron chi connectivity index (χ0n) is 11.2. The van der Waals surface area contributed by atoms with Crippen LogP contribution in [-0.2, 0) is 11.2 Å². The molecule has 0 aromatic carbocycles. The molecular weight excluding hydrogens is 258 g/mol. The zero-order chi connectivity index (χ0) is 13.9. The van der Waals surface area contributed by atoms with E-state index in [-0.39, 0.29) is 5.69 Å². The number of carbonyl (C=O) groups is 1. The molecule has 0 atom stereocenters. The molecular formula is C14H17N3O3. The molecule has 1 aliphatic heterocycles. The Hall–Kier alpha value is -1.92. The fraction of sp³-hybridized carbons (Fsp3) is 0.429. The van der Waals surface area contributed by atoms with E-state index in [1.165, 1.54) is 6.20 Å². The van der Waals surface area contributed by atoms with E-state index in [1.54, 1.807) is 4.40 Å². The van der Waals surface area contributed by atoms with Gasteiger partial charge in [-0.1, -0.05) is 6.07 Å². The van der Waals surface area contributed by atoms with Gasteiger partial charge in [-0.25, -0.2) is 9.78 Å². The van der Waals surface area contributed by atoms with Gasteiger partial charge in [-0.05, 0) is 18.1 Å². The van der Waals surface area contributed by atoms with Crippen LogP contribution in [0.4, 0.5) is 0 Å². The standard InChI is InChI=1S/C14H17N3O3/c18-14(19)12-9-15-13-2-1-11(10-17(12)13)3-4-16-5-7-20-8-6-16/h1-2,9-10H,3-8H2,(H,18,19). The lowest BCUT2D eigenvalue weighted by Gasteiger charge is -2.26. The first kappa shape index (κ1) is 13.1. The fourth-order valence-corrected chi connectivity index (χ4v) is 2.44. The summed E-state index contributed by atoms with van der Waals surface area (Å²) in [5.41, 5.74) is 1.98. The van der Waals surface area contributed by atoms with Crippen molar-refractivity contribution in [1.29, 1.82) is 0 Å². The number of fused-ring (bicyclic) bond motifs is 1. The average molecular weight is 275 g/mol. The van der Waals surface area contributed by atoms with Gasteiger partial charge in [0.05, 0.1) is 19.4 Å². The second-order valence-electron chi connectivity index (χ2n) is 4.92. The summed E-state index contributed by atoms with van der Waals surface area (Å²) in [7, 11) is 0. The highest BCUT2D eigenvalue weighted by molar-refractivity contribution is 5.86. The summed E-state index contributed by atoms with van der Waals surface area (Å²) in [6.45, 7) is 4.49. The van der Waals surface area contributed by atoms with E-state index in [9.17, 15) is 4.79 Å². The zero-order valence-corrected chi connectivity index (χ0v) is 11.2. The Balaban J connectivity index is 1.74. The number of morpholine rings is 1. The molecule has 0 saturated carbocycles. The minimum atomic E-state index is -0.956. The van der Waals surface area contributed by atoms with Gasteiger partial charge in [0.15, 0.2) is 5.69 Å². The van der Waals surface area contributed by atoms with Crippen molar-refractivity contribution in [2.24, 2.45) is 0 Å². The minimum Gasteiger partial charge on any atom is -0.477 e. The lowest BCUT2D eigenvalue weighted by molar-refractivity contribution is 0.0384. The normalized spacial score (nSPS) is 16.6. The third-order valence-corrected chi connectivity index (χ3v) is 3.61. The first-order valence-corrected chi connectivity index (χ1v) is 6.73. The predicted octanol–water partition coefficient (Wildman–Crippen LogP) is 0.907. The Morgan fingerprint density at radius 2 is 2.15 bits per heavy atom. The molecule has 20 heavy (non-hydrogen) atoms. The van der Waals surface area contributed by atoms with E-state index in [0.29, 0.717) is 5.65 Å². The Kier molecular flexibility index (Phi) is 3.66. The number of ether oxygens (including phenoxy) is 1. The van der Waals surface area contributed by atoms with Gasteiger partial charge in [-0.3, -0.25) is 9.30 Å². The van der Waals surface area contributed by atoms with Crippen LogP contribution >= 0.6 is 0 Å². The summed E-state index contributed by atoms with van der Waals surface area (Å²) in [6.07, 6.45) is 4.16. The van der Waals surface area contributed by atoms with Crippen molar-refractivity contribution < 1.29 is 14.6 Å². The number of imidazole rings is 1. The molecule has 3 rings (SSSR count). The van der Waals surface area contributed by atoms with Gasteiger partial charge >= 0.3 is 5.97 Å². The van der Waals surface area contributed by atoms with Crippen molar-refractivity contribution in [3.63, 3.8) is 0 Å². The molecule has 0 bridgehead atoms. The van der Waals surface area contributed by atoms with Gasteiger partial charge < -0.3 is 9.84 Å². The largest absolute Gasteiger partial charge is 0.477 e. The number of nitrogens with zero attached hydrogens (tertiary/aromatic N) is 3. The van der Waals surface area contributed by atoms with Gasteiger partial charge in [0.2, 0.25) is 0 Å². The van der Waals surface area contributed by atoms with Crippen LogP contribution in [0.2, 0.25) is 0 Å². The Morgan fingerprint density at radius 1 is 1.35 bits per heavy atom. The number of aromatic carboxylic acids is 1. The first-order chi connectivity index (χ1) is 9.74. The molecule has 0 aliphatic carbocycles. The quantitative estimate of drug-likeness (QED) is 0.898. The second kappa shape index (κ2) is 5.60. The molecule has 0 unspecified atom stereocenters. The molecule has 1 aliphatic rings. The average Bonchev–Trinajstić information content (AvgIpc) is 2.89. The molecule has 0 amide bonds. The molecule has 3 heterocycles. The number of aromatic nitrogens is 2. The number of hydrogen-bond donors (Lipinski definition) is 1. The monoisotopic (exact) mass is 275 g/mol. The number of rotatable bonds is 4. The van der Waals surface area contributed by atoms with Crippen molar-refractivity contribution in [2.45, 2.75) is 6.42 Å². The molecule has 1 N–H and O–H groups in total. The molecule has 1 saturated heterocycles. The van der Waals surface area contributed by atoms with E-state index in [2.05, 4.69) is 9.88 Å². The van der Waals surface area contributed by atoms with Gasteiger partial charge in [-0.15, -0.1) is 0 Å². The highest BCUT2D eigenvalue weighted by Gasteiger charge is 2.12. The summed E-state index contributed by atoms with van der Waals surface area (Å²) in [5.74, 6) is -0.956. The van der Waals surface area contributed by atoms with Crippen LogP contribution in [-0.4, -0.2) is 58.2 Å². The maximum absolute atomic E-state index is 11.1. The second-order valence-corrected chi connectivity index (χ2v) is 4.92. The van der Waals surface area contributed by atoms with Gasteiger partial charge in [0.25, 0.3) is 0 Å². The Labute approximate surface area is 116 Å². The summed E-state index contributed by atoms with van der Waals surface area (Å²) in [5, 5.41) is 9.11. The molecule has 106 valence electrons. The molecule has 2 aromatic rings. The van der Waals surface area contributed by atoms with Crippen molar-refractivity contribution in [2.75, 3.05) is 32.8 Å².